The Labute approximate surface area is 63.4 Å². The summed E-state index contributed by atoms with van der Waals surface area (Å²) in [7, 11) is 2.17. The van der Waals surface area contributed by atoms with E-state index in [9.17, 15) is 0 Å². The third-order valence-corrected chi connectivity index (χ3v) is 2.96. The van der Waals surface area contributed by atoms with E-state index in [1.54, 1.807) is 0 Å². The van der Waals surface area contributed by atoms with Gasteiger partial charge in [0.15, 0.2) is 0 Å². The Bertz CT molecular complexity index is 114. The number of nitrogens with zero attached hydrogens (tertiary/aromatic N) is 1. The van der Waals surface area contributed by atoms with Crippen molar-refractivity contribution in [2.75, 3.05) is 13.6 Å². The van der Waals surface area contributed by atoms with Crippen molar-refractivity contribution >= 4 is 0 Å². The van der Waals surface area contributed by atoms with E-state index in [4.69, 9.17) is 5.73 Å². The van der Waals surface area contributed by atoms with Crippen LogP contribution < -0.4 is 5.73 Å². The van der Waals surface area contributed by atoms with Crippen molar-refractivity contribution in [2.24, 2.45) is 11.7 Å². The summed E-state index contributed by atoms with van der Waals surface area (Å²) in [6.07, 6.45) is 1.27. The Morgan fingerprint density at radius 1 is 1.50 bits per heavy atom. The highest BCUT2D eigenvalue weighted by atomic mass is 15.2. The molecule has 0 aromatic heterocycles. The predicted octanol–water partition coefficient (Wildman–Crippen LogP) is 0.674. The molecule has 1 aliphatic rings. The molecule has 0 bridgehead atoms. The Morgan fingerprint density at radius 2 is 2.10 bits per heavy atom. The Balaban J connectivity index is 2.53. The molecule has 1 aliphatic heterocycles. The monoisotopic (exact) mass is 142 g/mol. The predicted molar refractivity (Wildman–Crippen MR) is 43.8 cm³/mol. The lowest BCUT2D eigenvalue weighted by molar-refractivity contribution is 0.246. The molecule has 0 saturated carbocycles. The molecule has 2 N–H and O–H groups in total. The first-order valence-corrected chi connectivity index (χ1v) is 4.08. The van der Waals surface area contributed by atoms with Gasteiger partial charge in [-0.3, -0.25) is 4.90 Å². The summed E-state index contributed by atoms with van der Waals surface area (Å²) in [6.45, 7) is 5.39. The average Bonchev–Trinajstić information content (AvgIpc) is 2.17. The van der Waals surface area contributed by atoms with Gasteiger partial charge in [-0.05, 0) is 26.3 Å². The van der Waals surface area contributed by atoms with Gasteiger partial charge in [0.2, 0.25) is 0 Å². The summed E-state index contributed by atoms with van der Waals surface area (Å²) in [5, 5.41) is 0. The molecule has 1 saturated heterocycles. The van der Waals surface area contributed by atoms with Gasteiger partial charge in [0.05, 0.1) is 0 Å². The molecule has 1 rings (SSSR count). The van der Waals surface area contributed by atoms with Gasteiger partial charge in [0, 0.05) is 18.6 Å². The van der Waals surface area contributed by atoms with E-state index in [1.807, 2.05) is 0 Å². The fraction of sp³-hybridized carbons (Fsp3) is 1.00. The van der Waals surface area contributed by atoms with E-state index in [0.29, 0.717) is 12.1 Å². The quantitative estimate of drug-likeness (QED) is 0.583. The minimum atomic E-state index is 0.630. The van der Waals surface area contributed by atoms with Crippen LogP contribution >= 0.6 is 0 Å². The number of rotatable bonds is 1. The van der Waals surface area contributed by atoms with Gasteiger partial charge in [0.25, 0.3) is 0 Å². The summed E-state index contributed by atoms with van der Waals surface area (Å²) in [5.41, 5.74) is 5.61. The molecule has 2 nitrogen and oxygen atoms in total. The summed E-state index contributed by atoms with van der Waals surface area (Å²) < 4.78 is 0. The minimum Gasteiger partial charge on any atom is -0.329 e. The van der Waals surface area contributed by atoms with Gasteiger partial charge in [-0.1, -0.05) is 6.92 Å². The van der Waals surface area contributed by atoms with Crippen molar-refractivity contribution in [3.63, 3.8) is 0 Å². The normalized spacial score (nSPS) is 42.6. The maximum atomic E-state index is 5.61. The Kier molecular flexibility index (Phi) is 2.32. The van der Waals surface area contributed by atoms with Crippen molar-refractivity contribution in [3.8, 4) is 0 Å². The topological polar surface area (TPSA) is 29.3 Å². The zero-order chi connectivity index (χ0) is 7.72. The molecule has 0 spiro atoms. The van der Waals surface area contributed by atoms with Crippen LogP contribution in [0.15, 0.2) is 0 Å². The molecule has 0 aromatic rings. The summed E-state index contributed by atoms with van der Waals surface area (Å²) in [4.78, 5) is 2.39. The Morgan fingerprint density at radius 3 is 2.30 bits per heavy atom. The lowest BCUT2D eigenvalue weighted by Crippen LogP contribution is -2.36. The van der Waals surface area contributed by atoms with E-state index >= 15 is 0 Å². The van der Waals surface area contributed by atoms with Crippen LogP contribution in [0.1, 0.15) is 20.3 Å². The van der Waals surface area contributed by atoms with Crippen molar-refractivity contribution in [3.05, 3.63) is 0 Å². The second-order valence-electron chi connectivity index (χ2n) is 3.51. The SMILES string of the molecule is CC1CC(CN)N(C)C1C. The molecule has 1 heterocycles. The summed E-state index contributed by atoms with van der Waals surface area (Å²) in [6, 6.07) is 1.35. The maximum Gasteiger partial charge on any atom is 0.0221 e. The number of hydrogen-bond acceptors (Lipinski definition) is 2. The molecule has 0 radical (unpaired) electrons. The zero-order valence-electron chi connectivity index (χ0n) is 7.17. The summed E-state index contributed by atoms with van der Waals surface area (Å²) >= 11 is 0. The fourth-order valence-electron chi connectivity index (χ4n) is 1.79. The standard InChI is InChI=1S/C8H18N2/c1-6-4-8(5-9)10(3)7(6)2/h6-8H,4-5,9H2,1-3H3. The molecule has 2 heteroatoms. The second kappa shape index (κ2) is 2.89. The lowest BCUT2D eigenvalue weighted by Gasteiger charge is -2.22. The van der Waals surface area contributed by atoms with Gasteiger partial charge in [-0.2, -0.15) is 0 Å². The first kappa shape index (κ1) is 8.02. The molecular weight excluding hydrogens is 124 g/mol. The van der Waals surface area contributed by atoms with Crippen LogP contribution in [0.5, 0.6) is 0 Å². The molecule has 60 valence electrons. The molecule has 0 aromatic carbocycles. The summed E-state index contributed by atoms with van der Waals surface area (Å²) in [5.74, 6) is 0.818. The van der Waals surface area contributed by atoms with Crippen LogP contribution in [-0.2, 0) is 0 Å². The van der Waals surface area contributed by atoms with Crippen LogP contribution in [0.3, 0.4) is 0 Å². The van der Waals surface area contributed by atoms with E-state index in [0.717, 1.165) is 12.5 Å². The number of likely N-dealkylation sites (N-methyl/N-ethyl adjacent to an activating group) is 1. The average molecular weight is 142 g/mol. The lowest BCUT2D eigenvalue weighted by atomic mass is 10.0. The van der Waals surface area contributed by atoms with Gasteiger partial charge in [-0.15, -0.1) is 0 Å². The molecule has 0 amide bonds. The maximum absolute atomic E-state index is 5.61. The van der Waals surface area contributed by atoms with E-state index in [2.05, 4.69) is 25.8 Å². The van der Waals surface area contributed by atoms with Crippen molar-refractivity contribution in [1.82, 2.24) is 4.90 Å². The molecular formula is C8H18N2. The minimum absolute atomic E-state index is 0.630. The van der Waals surface area contributed by atoms with Gasteiger partial charge >= 0.3 is 0 Å². The van der Waals surface area contributed by atoms with Crippen LogP contribution in [0.25, 0.3) is 0 Å². The first-order valence-electron chi connectivity index (χ1n) is 4.08. The number of likely N-dealkylation sites (tertiary alicyclic amines) is 1. The third-order valence-electron chi connectivity index (χ3n) is 2.96. The smallest absolute Gasteiger partial charge is 0.0221 e. The first-order chi connectivity index (χ1) is 4.66. The van der Waals surface area contributed by atoms with Crippen LogP contribution in [0.4, 0.5) is 0 Å². The van der Waals surface area contributed by atoms with E-state index in [1.165, 1.54) is 6.42 Å². The second-order valence-corrected chi connectivity index (χ2v) is 3.51. The largest absolute Gasteiger partial charge is 0.329 e. The highest BCUT2D eigenvalue weighted by Gasteiger charge is 2.31. The van der Waals surface area contributed by atoms with Gasteiger partial charge in [-0.25, -0.2) is 0 Å². The molecule has 0 aliphatic carbocycles. The molecule has 3 unspecified atom stereocenters. The zero-order valence-corrected chi connectivity index (χ0v) is 7.17. The molecule has 1 fully saturated rings. The highest BCUT2D eigenvalue weighted by molar-refractivity contribution is 4.87. The number of hydrogen-bond donors (Lipinski definition) is 1. The van der Waals surface area contributed by atoms with Crippen molar-refractivity contribution in [1.29, 1.82) is 0 Å². The van der Waals surface area contributed by atoms with E-state index < -0.39 is 0 Å². The highest BCUT2D eigenvalue weighted by Crippen LogP contribution is 2.26. The fourth-order valence-corrected chi connectivity index (χ4v) is 1.79. The van der Waals surface area contributed by atoms with E-state index in [-0.39, 0.29) is 0 Å². The molecule has 3 atom stereocenters. The van der Waals surface area contributed by atoms with Gasteiger partial charge in [0.1, 0.15) is 0 Å². The van der Waals surface area contributed by atoms with Crippen LogP contribution in [0, 0.1) is 5.92 Å². The van der Waals surface area contributed by atoms with Crippen LogP contribution in [0.2, 0.25) is 0 Å². The number of nitrogens with two attached hydrogens (primary N) is 1. The van der Waals surface area contributed by atoms with Gasteiger partial charge < -0.3 is 5.73 Å². The molecule has 10 heavy (non-hydrogen) atoms. The van der Waals surface area contributed by atoms with Crippen LogP contribution in [-0.4, -0.2) is 30.6 Å². The van der Waals surface area contributed by atoms with Crippen molar-refractivity contribution in [2.45, 2.75) is 32.4 Å². The van der Waals surface area contributed by atoms with Crippen molar-refractivity contribution < 1.29 is 0 Å². The third kappa shape index (κ3) is 1.18. The Hall–Kier alpha value is -0.0800.